The van der Waals surface area contributed by atoms with Crippen LogP contribution < -0.4 is 10.6 Å². The van der Waals surface area contributed by atoms with Crippen molar-refractivity contribution in [2.45, 2.75) is 13.0 Å². The monoisotopic (exact) mass is 456 g/mol. The number of amides is 2. The van der Waals surface area contributed by atoms with E-state index in [1.165, 1.54) is 12.1 Å². The third-order valence-electron chi connectivity index (χ3n) is 3.19. The molecular formula is C17H15Br2FN2O2. The van der Waals surface area contributed by atoms with E-state index in [2.05, 4.69) is 42.5 Å². The molecule has 4 nitrogen and oxygen atoms in total. The van der Waals surface area contributed by atoms with E-state index in [9.17, 15) is 14.0 Å². The molecule has 0 atom stereocenters. The molecule has 0 unspecified atom stereocenters. The van der Waals surface area contributed by atoms with Crippen molar-refractivity contribution in [1.29, 1.82) is 0 Å². The predicted molar refractivity (Wildman–Crippen MR) is 97.0 cm³/mol. The van der Waals surface area contributed by atoms with Crippen molar-refractivity contribution in [2.75, 3.05) is 6.54 Å². The van der Waals surface area contributed by atoms with E-state index < -0.39 is 11.7 Å². The normalized spacial score (nSPS) is 10.3. The Labute approximate surface area is 156 Å². The summed E-state index contributed by atoms with van der Waals surface area (Å²) in [5, 5.41) is 5.38. The van der Waals surface area contributed by atoms with Crippen LogP contribution in [-0.4, -0.2) is 18.4 Å². The van der Waals surface area contributed by atoms with Gasteiger partial charge >= 0.3 is 0 Å². The Morgan fingerprint density at radius 1 is 1.04 bits per heavy atom. The van der Waals surface area contributed by atoms with Gasteiger partial charge in [-0.2, -0.15) is 0 Å². The summed E-state index contributed by atoms with van der Waals surface area (Å²) in [6.07, 6.45) is 0.146. The molecule has 0 bridgehead atoms. The summed E-state index contributed by atoms with van der Waals surface area (Å²) in [5.41, 5.74) is 1.18. The van der Waals surface area contributed by atoms with Gasteiger partial charge < -0.3 is 10.6 Å². The molecule has 24 heavy (non-hydrogen) atoms. The zero-order valence-corrected chi connectivity index (χ0v) is 15.8. The van der Waals surface area contributed by atoms with Gasteiger partial charge in [0.2, 0.25) is 5.91 Å². The molecule has 0 aliphatic carbocycles. The van der Waals surface area contributed by atoms with Crippen LogP contribution in [0, 0.1) is 5.82 Å². The molecular weight excluding hydrogens is 443 g/mol. The first-order valence-electron chi connectivity index (χ1n) is 7.20. The van der Waals surface area contributed by atoms with E-state index in [0.29, 0.717) is 11.0 Å². The van der Waals surface area contributed by atoms with Crippen molar-refractivity contribution < 1.29 is 14.0 Å². The minimum Gasteiger partial charge on any atom is -0.352 e. The number of benzene rings is 2. The number of carbonyl (C=O) groups excluding carboxylic acids is 2. The molecule has 0 saturated carbocycles. The number of rotatable bonds is 6. The van der Waals surface area contributed by atoms with E-state index in [1.807, 2.05) is 24.3 Å². The zero-order chi connectivity index (χ0) is 17.5. The van der Waals surface area contributed by atoms with E-state index >= 15 is 0 Å². The van der Waals surface area contributed by atoms with E-state index in [1.54, 1.807) is 0 Å². The van der Waals surface area contributed by atoms with Crippen LogP contribution in [0.5, 0.6) is 0 Å². The van der Waals surface area contributed by atoms with E-state index in [4.69, 9.17) is 0 Å². The molecule has 2 aromatic rings. The predicted octanol–water partition coefficient (Wildman–Crippen LogP) is 3.79. The molecule has 0 aliphatic heterocycles. The zero-order valence-electron chi connectivity index (χ0n) is 12.6. The fourth-order valence-corrected chi connectivity index (χ4v) is 2.87. The topological polar surface area (TPSA) is 58.2 Å². The summed E-state index contributed by atoms with van der Waals surface area (Å²) >= 11 is 6.57. The Balaban J connectivity index is 1.76. The Kier molecular flexibility index (Phi) is 6.93. The maximum absolute atomic E-state index is 13.2. The molecule has 0 fully saturated rings. The maximum Gasteiger partial charge on any atom is 0.252 e. The van der Waals surface area contributed by atoms with Gasteiger partial charge in [0.1, 0.15) is 5.82 Å². The van der Waals surface area contributed by atoms with Gasteiger partial charge in [-0.25, -0.2) is 4.39 Å². The fraction of sp³-hybridized carbons (Fsp3) is 0.176. The number of carbonyl (C=O) groups is 2. The lowest BCUT2D eigenvalue weighted by molar-refractivity contribution is -0.121. The number of halogens is 3. The SMILES string of the molecule is O=C(CCNC(=O)c1cc(F)ccc1Br)NCc1cccc(Br)c1. The number of hydrogen-bond donors (Lipinski definition) is 2. The minimum atomic E-state index is -0.491. The highest BCUT2D eigenvalue weighted by Crippen LogP contribution is 2.17. The van der Waals surface area contributed by atoms with Gasteiger partial charge in [-0.3, -0.25) is 9.59 Å². The van der Waals surface area contributed by atoms with Gasteiger partial charge in [-0.15, -0.1) is 0 Å². The Bertz CT molecular complexity index is 753. The molecule has 0 spiro atoms. The third kappa shape index (κ3) is 5.72. The molecule has 2 amide bonds. The lowest BCUT2D eigenvalue weighted by Gasteiger charge is -2.08. The molecule has 0 heterocycles. The van der Waals surface area contributed by atoms with Crippen LogP contribution in [0.2, 0.25) is 0 Å². The molecule has 0 radical (unpaired) electrons. The second-order valence-electron chi connectivity index (χ2n) is 5.04. The van der Waals surface area contributed by atoms with Crippen LogP contribution in [0.1, 0.15) is 22.3 Å². The van der Waals surface area contributed by atoms with Gasteiger partial charge in [0, 0.05) is 28.5 Å². The quantitative estimate of drug-likeness (QED) is 0.693. The summed E-state index contributed by atoms with van der Waals surface area (Å²) in [6, 6.07) is 11.5. The highest BCUT2D eigenvalue weighted by molar-refractivity contribution is 9.10. The average Bonchev–Trinajstić information content (AvgIpc) is 2.55. The minimum absolute atomic E-state index is 0.146. The van der Waals surface area contributed by atoms with Crippen LogP contribution in [0.15, 0.2) is 51.4 Å². The van der Waals surface area contributed by atoms with Crippen LogP contribution in [0.4, 0.5) is 4.39 Å². The van der Waals surface area contributed by atoms with Gasteiger partial charge in [0.05, 0.1) is 5.56 Å². The lowest BCUT2D eigenvalue weighted by atomic mass is 10.2. The largest absolute Gasteiger partial charge is 0.352 e. The highest BCUT2D eigenvalue weighted by atomic mass is 79.9. The first-order chi connectivity index (χ1) is 11.5. The average molecular weight is 458 g/mol. The van der Waals surface area contributed by atoms with Crippen LogP contribution in [0.25, 0.3) is 0 Å². The molecule has 2 N–H and O–H groups in total. The Hall–Kier alpha value is -1.73. The van der Waals surface area contributed by atoms with Crippen molar-refractivity contribution in [2.24, 2.45) is 0 Å². The molecule has 0 aromatic heterocycles. The van der Waals surface area contributed by atoms with Crippen molar-refractivity contribution >= 4 is 43.7 Å². The smallest absolute Gasteiger partial charge is 0.252 e. The molecule has 2 rings (SSSR count). The van der Waals surface area contributed by atoms with Gasteiger partial charge in [-0.1, -0.05) is 28.1 Å². The van der Waals surface area contributed by atoms with Gasteiger partial charge in [0.25, 0.3) is 5.91 Å². The summed E-state index contributed by atoms with van der Waals surface area (Å²) < 4.78 is 14.6. The first-order valence-corrected chi connectivity index (χ1v) is 8.78. The summed E-state index contributed by atoms with van der Waals surface area (Å²) in [7, 11) is 0. The second kappa shape index (κ2) is 8.94. The van der Waals surface area contributed by atoms with Crippen LogP contribution in [-0.2, 0) is 11.3 Å². The molecule has 2 aromatic carbocycles. The first kappa shape index (κ1) is 18.6. The second-order valence-corrected chi connectivity index (χ2v) is 6.81. The number of nitrogens with one attached hydrogen (secondary N) is 2. The molecule has 7 heteroatoms. The fourth-order valence-electron chi connectivity index (χ4n) is 1.99. The van der Waals surface area contributed by atoms with E-state index in [0.717, 1.165) is 16.1 Å². The van der Waals surface area contributed by atoms with Gasteiger partial charge in [-0.05, 0) is 51.8 Å². The van der Waals surface area contributed by atoms with Crippen molar-refractivity contribution in [3.05, 3.63) is 68.4 Å². The third-order valence-corrected chi connectivity index (χ3v) is 4.37. The molecule has 0 aliphatic rings. The standard InChI is InChI=1S/C17H15Br2FN2O2/c18-12-3-1-2-11(8-12)10-22-16(23)6-7-21-17(24)14-9-13(20)4-5-15(14)19/h1-5,8-9H,6-7,10H2,(H,21,24)(H,22,23). The van der Waals surface area contributed by atoms with Gasteiger partial charge in [0.15, 0.2) is 0 Å². The Morgan fingerprint density at radius 2 is 1.83 bits per heavy atom. The van der Waals surface area contributed by atoms with Crippen molar-refractivity contribution in [3.8, 4) is 0 Å². The lowest BCUT2D eigenvalue weighted by Crippen LogP contribution is -2.30. The van der Waals surface area contributed by atoms with Crippen LogP contribution >= 0.6 is 31.9 Å². The molecule has 126 valence electrons. The summed E-state index contributed by atoms with van der Waals surface area (Å²) in [5.74, 6) is -1.09. The summed E-state index contributed by atoms with van der Waals surface area (Å²) in [4.78, 5) is 23.8. The van der Waals surface area contributed by atoms with Crippen molar-refractivity contribution in [1.82, 2.24) is 10.6 Å². The Morgan fingerprint density at radius 3 is 2.58 bits per heavy atom. The molecule has 0 saturated heterocycles. The number of hydrogen-bond acceptors (Lipinski definition) is 2. The summed E-state index contributed by atoms with van der Waals surface area (Å²) in [6.45, 7) is 0.591. The van der Waals surface area contributed by atoms with E-state index in [-0.39, 0.29) is 24.4 Å². The maximum atomic E-state index is 13.2. The highest BCUT2D eigenvalue weighted by Gasteiger charge is 2.11. The van der Waals surface area contributed by atoms with Crippen LogP contribution in [0.3, 0.4) is 0 Å². The van der Waals surface area contributed by atoms with Crippen molar-refractivity contribution in [3.63, 3.8) is 0 Å².